The van der Waals surface area contributed by atoms with Gasteiger partial charge in [0.2, 0.25) is 0 Å². The van der Waals surface area contributed by atoms with Gasteiger partial charge >= 0.3 is 0 Å². The molecule has 1 N–H and O–H groups in total. The first kappa shape index (κ1) is 16.1. The summed E-state index contributed by atoms with van der Waals surface area (Å²) in [6.45, 7) is 4.90. The zero-order valence-electron chi connectivity index (χ0n) is 12.8. The fraction of sp³-hybridized carbons (Fsp3) is 0.333. The van der Waals surface area contributed by atoms with E-state index in [0.717, 1.165) is 18.5 Å². The molecule has 0 bridgehead atoms. The van der Waals surface area contributed by atoms with Gasteiger partial charge < -0.3 is 5.32 Å². The highest BCUT2D eigenvalue weighted by Gasteiger charge is 2.14. The van der Waals surface area contributed by atoms with Crippen molar-refractivity contribution in [1.29, 1.82) is 0 Å². The number of aryl methyl sites for hydroxylation is 1. The average molecular weight is 303 g/mol. The third kappa shape index (κ3) is 4.08. The van der Waals surface area contributed by atoms with Gasteiger partial charge in [-0.2, -0.15) is 0 Å². The van der Waals surface area contributed by atoms with Crippen molar-refractivity contribution in [2.75, 3.05) is 12.8 Å². The van der Waals surface area contributed by atoms with Gasteiger partial charge in [-0.3, -0.25) is 0 Å². The number of hydrogen-bond donors (Lipinski definition) is 1. The van der Waals surface area contributed by atoms with E-state index in [4.69, 9.17) is 0 Å². The van der Waals surface area contributed by atoms with E-state index in [9.17, 15) is 4.39 Å². The van der Waals surface area contributed by atoms with Gasteiger partial charge in [-0.25, -0.2) is 4.39 Å². The molecule has 0 aliphatic heterocycles. The monoisotopic (exact) mass is 303 g/mol. The molecule has 0 spiro atoms. The Hall–Kier alpha value is -1.32. The van der Waals surface area contributed by atoms with Gasteiger partial charge in [0.25, 0.3) is 0 Å². The van der Waals surface area contributed by atoms with Crippen molar-refractivity contribution in [3.8, 4) is 0 Å². The van der Waals surface area contributed by atoms with Crippen molar-refractivity contribution in [3.63, 3.8) is 0 Å². The normalized spacial score (nSPS) is 12.4. The third-order valence-corrected chi connectivity index (χ3v) is 4.31. The number of halogens is 1. The molecule has 3 heteroatoms. The van der Waals surface area contributed by atoms with Gasteiger partial charge in [0.05, 0.1) is 6.04 Å². The van der Waals surface area contributed by atoms with Crippen LogP contribution in [-0.2, 0) is 0 Å². The first-order valence-electron chi connectivity index (χ1n) is 7.29. The molecule has 21 heavy (non-hydrogen) atoms. The van der Waals surface area contributed by atoms with Gasteiger partial charge in [0.15, 0.2) is 0 Å². The van der Waals surface area contributed by atoms with Crippen LogP contribution in [0.5, 0.6) is 0 Å². The molecule has 0 fully saturated rings. The maximum Gasteiger partial charge on any atom is 0.126 e. The predicted molar refractivity (Wildman–Crippen MR) is 89.5 cm³/mol. The second kappa shape index (κ2) is 7.62. The molecule has 1 atom stereocenters. The quantitative estimate of drug-likeness (QED) is 0.758. The molecule has 2 aromatic rings. The Morgan fingerprint density at radius 3 is 2.33 bits per heavy atom. The largest absolute Gasteiger partial charge is 0.306 e. The summed E-state index contributed by atoms with van der Waals surface area (Å²) in [4.78, 5) is 1.25. The zero-order valence-corrected chi connectivity index (χ0v) is 13.6. The lowest BCUT2D eigenvalue weighted by atomic mass is 9.97. The van der Waals surface area contributed by atoms with Crippen LogP contribution in [0.1, 0.15) is 36.1 Å². The van der Waals surface area contributed by atoms with Crippen LogP contribution in [0, 0.1) is 12.7 Å². The molecule has 2 aromatic carbocycles. The van der Waals surface area contributed by atoms with Crippen LogP contribution in [0.4, 0.5) is 4.39 Å². The van der Waals surface area contributed by atoms with Crippen LogP contribution in [0.15, 0.2) is 47.4 Å². The first-order chi connectivity index (χ1) is 10.2. The highest BCUT2D eigenvalue weighted by Crippen LogP contribution is 2.26. The van der Waals surface area contributed by atoms with E-state index in [1.54, 1.807) is 17.8 Å². The highest BCUT2D eigenvalue weighted by molar-refractivity contribution is 7.98. The fourth-order valence-corrected chi connectivity index (χ4v) is 2.77. The molecule has 0 amide bonds. The molecule has 0 saturated heterocycles. The molecule has 0 saturated carbocycles. The Labute approximate surface area is 131 Å². The molecule has 0 aliphatic rings. The van der Waals surface area contributed by atoms with Crippen molar-refractivity contribution >= 4 is 11.8 Å². The van der Waals surface area contributed by atoms with Gasteiger partial charge in [-0.05, 0) is 61.0 Å². The van der Waals surface area contributed by atoms with Gasteiger partial charge in [-0.15, -0.1) is 11.8 Å². The molecule has 112 valence electrons. The third-order valence-electron chi connectivity index (χ3n) is 3.56. The van der Waals surface area contributed by atoms with Gasteiger partial charge in [0.1, 0.15) is 5.82 Å². The summed E-state index contributed by atoms with van der Waals surface area (Å²) in [5, 5.41) is 3.56. The van der Waals surface area contributed by atoms with Crippen LogP contribution in [0.25, 0.3) is 0 Å². The zero-order chi connectivity index (χ0) is 15.2. The molecule has 0 aliphatic carbocycles. The minimum Gasteiger partial charge on any atom is -0.306 e. The second-order valence-corrected chi connectivity index (χ2v) is 6.05. The highest BCUT2D eigenvalue weighted by atomic mass is 32.2. The first-order valence-corrected chi connectivity index (χ1v) is 8.51. The summed E-state index contributed by atoms with van der Waals surface area (Å²) in [7, 11) is 0. The van der Waals surface area contributed by atoms with Gasteiger partial charge in [-0.1, -0.05) is 31.2 Å². The standard InChI is InChI=1S/C18H22FNS/c1-4-11-20-18(14-5-8-16(21-3)9-6-14)15-7-10-17(19)13(2)12-15/h5-10,12,18,20H,4,11H2,1-3H3. The van der Waals surface area contributed by atoms with Crippen LogP contribution in [0.3, 0.4) is 0 Å². The minimum absolute atomic E-state index is 0.111. The summed E-state index contributed by atoms with van der Waals surface area (Å²) in [6, 6.07) is 14.1. The smallest absolute Gasteiger partial charge is 0.126 e. The Kier molecular flexibility index (Phi) is 5.83. The van der Waals surface area contributed by atoms with Crippen LogP contribution < -0.4 is 5.32 Å². The number of benzene rings is 2. The Morgan fingerprint density at radius 2 is 1.76 bits per heavy atom. The van der Waals surface area contributed by atoms with E-state index in [0.29, 0.717) is 5.56 Å². The molecule has 0 aromatic heterocycles. The number of rotatable bonds is 6. The predicted octanol–water partition coefficient (Wildman–Crippen LogP) is 4.95. The number of nitrogens with one attached hydrogen (secondary N) is 1. The summed E-state index contributed by atoms with van der Waals surface area (Å²) >= 11 is 1.74. The maximum atomic E-state index is 13.5. The maximum absolute atomic E-state index is 13.5. The lowest BCUT2D eigenvalue weighted by molar-refractivity contribution is 0.590. The van der Waals surface area contributed by atoms with Crippen LogP contribution >= 0.6 is 11.8 Å². The van der Waals surface area contributed by atoms with E-state index in [-0.39, 0.29) is 11.9 Å². The summed E-state index contributed by atoms with van der Waals surface area (Å²) in [5.74, 6) is -0.147. The number of hydrogen-bond acceptors (Lipinski definition) is 2. The summed E-state index contributed by atoms with van der Waals surface area (Å²) in [5.41, 5.74) is 3.02. The fourth-order valence-electron chi connectivity index (χ4n) is 2.36. The molecule has 1 nitrogen and oxygen atoms in total. The van der Waals surface area contributed by atoms with Crippen molar-refractivity contribution in [1.82, 2.24) is 5.32 Å². The molecular weight excluding hydrogens is 281 g/mol. The Balaban J connectivity index is 2.33. The molecule has 2 rings (SSSR count). The van der Waals surface area contributed by atoms with Crippen LogP contribution in [0.2, 0.25) is 0 Å². The van der Waals surface area contributed by atoms with E-state index in [1.165, 1.54) is 10.5 Å². The second-order valence-electron chi connectivity index (χ2n) is 5.17. The summed E-state index contributed by atoms with van der Waals surface area (Å²) < 4.78 is 13.5. The van der Waals surface area contributed by atoms with Crippen LogP contribution in [-0.4, -0.2) is 12.8 Å². The van der Waals surface area contributed by atoms with E-state index >= 15 is 0 Å². The molecule has 0 heterocycles. The Bertz CT molecular complexity index is 580. The van der Waals surface area contributed by atoms with Crippen molar-refractivity contribution in [2.24, 2.45) is 0 Å². The molecule has 0 radical (unpaired) electrons. The van der Waals surface area contributed by atoms with E-state index < -0.39 is 0 Å². The van der Waals surface area contributed by atoms with Gasteiger partial charge in [0, 0.05) is 4.90 Å². The van der Waals surface area contributed by atoms with E-state index in [2.05, 4.69) is 42.8 Å². The Morgan fingerprint density at radius 1 is 1.10 bits per heavy atom. The molecular formula is C18H22FNS. The van der Waals surface area contributed by atoms with E-state index in [1.807, 2.05) is 19.1 Å². The summed E-state index contributed by atoms with van der Waals surface area (Å²) in [6.07, 6.45) is 3.14. The molecule has 1 unspecified atom stereocenters. The van der Waals surface area contributed by atoms with Crippen molar-refractivity contribution in [3.05, 3.63) is 65.0 Å². The lowest BCUT2D eigenvalue weighted by Crippen LogP contribution is -2.23. The lowest BCUT2D eigenvalue weighted by Gasteiger charge is -2.20. The minimum atomic E-state index is -0.147. The van der Waals surface area contributed by atoms with Crippen molar-refractivity contribution in [2.45, 2.75) is 31.2 Å². The van der Waals surface area contributed by atoms with Crippen molar-refractivity contribution < 1.29 is 4.39 Å². The average Bonchev–Trinajstić information content (AvgIpc) is 2.51. The SMILES string of the molecule is CCCNC(c1ccc(SC)cc1)c1ccc(F)c(C)c1. The number of thioether (sulfide) groups is 1. The topological polar surface area (TPSA) is 12.0 Å².